The van der Waals surface area contributed by atoms with Crippen LogP contribution in [0.4, 0.5) is 0 Å². The molecular formula is C12H23NO3S. The first-order valence-electron chi connectivity index (χ1n) is 6.36. The highest BCUT2D eigenvalue weighted by atomic mass is 32.2. The summed E-state index contributed by atoms with van der Waals surface area (Å²) in [6.45, 7) is 4.14. The Morgan fingerprint density at radius 1 is 1.18 bits per heavy atom. The summed E-state index contributed by atoms with van der Waals surface area (Å²) in [5.41, 5.74) is 0. The van der Waals surface area contributed by atoms with Crippen LogP contribution in [0, 0.1) is 10.1 Å². The third-order valence-electron chi connectivity index (χ3n) is 2.47. The summed E-state index contributed by atoms with van der Waals surface area (Å²) < 4.78 is 11.7. The number of nitrogens with zero attached hydrogens (tertiary/aromatic N) is 1. The van der Waals surface area contributed by atoms with Crippen LogP contribution >= 0.6 is 0 Å². The molecule has 0 radical (unpaired) electrons. The molecule has 4 nitrogen and oxygen atoms in total. The largest absolute Gasteiger partial charge is 0.328 e. The second-order valence-corrected chi connectivity index (χ2v) is 5.57. The Labute approximate surface area is 106 Å². The minimum Gasteiger partial charge on any atom is -0.258 e. The predicted molar refractivity (Wildman–Crippen MR) is 71.8 cm³/mol. The highest BCUT2D eigenvalue weighted by molar-refractivity contribution is 7.88. The van der Waals surface area contributed by atoms with E-state index in [4.69, 9.17) is 0 Å². The second kappa shape index (κ2) is 10.4. The predicted octanol–water partition coefficient (Wildman–Crippen LogP) is 3.62. The fourth-order valence-corrected chi connectivity index (χ4v) is 2.60. The van der Waals surface area contributed by atoms with Crippen molar-refractivity contribution < 1.29 is 9.13 Å². The molecule has 0 saturated heterocycles. The summed E-state index contributed by atoms with van der Waals surface area (Å²) in [6.07, 6.45) is 8.08. The van der Waals surface area contributed by atoms with Gasteiger partial charge < -0.3 is 0 Å². The SMILES string of the molecule is CCCCCC=C([N+](=O)[O-])S(=O)CCCCC. The lowest BCUT2D eigenvalue weighted by molar-refractivity contribution is -0.411. The lowest BCUT2D eigenvalue weighted by Crippen LogP contribution is -2.09. The zero-order chi connectivity index (χ0) is 13.1. The molecule has 1 atom stereocenters. The molecule has 0 heterocycles. The first kappa shape index (κ1) is 16.3. The van der Waals surface area contributed by atoms with E-state index in [2.05, 4.69) is 13.8 Å². The lowest BCUT2D eigenvalue weighted by atomic mass is 10.2. The minimum absolute atomic E-state index is 0.0998. The van der Waals surface area contributed by atoms with E-state index in [1.807, 2.05) is 0 Å². The second-order valence-electron chi connectivity index (χ2n) is 4.05. The van der Waals surface area contributed by atoms with Crippen molar-refractivity contribution in [1.29, 1.82) is 0 Å². The van der Waals surface area contributed by atoms with Gasteiger partial charge in [-0.3, -0.25) is 10.1 Å². The molecule has 0 aromatic rings. The fourth-order valence-electron chi connectivity index (χ4n) is 1.46. The molecular weight excluding hydrogens is 238 g/mol. The van der Waals surface area contributed by atoms with Crippen molar-refractivity contribution in [2.24, 2.45) is 0 Å². The molecule has 0 bridgehead atoms. The number of unbranched alkanes of at least 4 members (excludes halogenated alkanes) is 5. The molecule has 0 aromatic carbocycles. The Bertz CT molecular complexity index is 277. The molecule has 5 heteroatoms. The Hall–Kier alpha value is -0.710. The Morgan fingerprint density at radius 2 is 1.76 bits per heavy atom. The maximum Gasteiger partial charge on any atom is 0.328 e. The van der Waals surface area contributed by atoms with Gasteiger partial charge in [-0.1, -0.05) is 39.5 Å². The van der Waals surface area contributed by atoms with Gasteiger partial charge in [0.25, 0.3) is 0 Å². The molecule has 0 rings (SSSR count). The first-order chi connectivity index (χ1) is 8.13. The van der Waals surface area contributed by atoms with Crippen LogP contribution in [0.5, 0.6) is 0 Å². The summed E-state index contributed by atoms with van der Waals surface area (Å²) >= 11 is 0. The van der Waals surface area contributed by atoms with E-state index >= 15 is 0 Å². The monoisotopic (exact) mass is 261 g/mol. The zero-order valence-electron chi connectivity index (χ0n) is 10.8. The van der Waals surface area contributed by atoms with Crippen molar-refractivity contribution in [3.63, 3.8) is 0 Å². The van der Waals surface area contributed by atoms with Crippen molar-refractivity contribution in [3.05, 3.63) is 21.2 Å². The van der Waals surface area contributed by atoms with E-state index in [-0.39, 0.29) is 5.03 Å². The maximum atomic E-state index is 11.7. The van der Waals surface area contributed by atoms with Gasteiger partial charge in [0.15, 0.2) is 0 Å². The molecule has 0 saturated carbocycles. The minimum atomic E-state index is -1.43. The topological polar surface area (TPSA) is 60.2 Å². The first-order valence-corrected chi connectivity index (χ1v) is 7.68. The van der Waals surface area contributed by atoms with Gasteiger partial charge in [-0.25, -0.2) is 4.21 Å². The van der Waals surface area contributed by atoms with Crippen LogP contribution in [0.2, 0.25) is 0 Å². The summed E-state index contributed by atoms with van der Waals surface area (Å²) in [5.74, 6) is 0.411. The molecule has 0 aliphatic heterocycles. The van der Waals surface area contributed by atoms with Gasteiger partial charge in [0.05, 0.1) is 4.92 Å². The van der Waals surface area contributed by atoms with E-state index in [0.29, 0.717) is 12.2 Å². The molecule has 0 aromatic heterocycles. The van der Waals surface area contributed by atoms with Gasteiger partial charge in [0.1, 0.15) is 10.8 Å². The van der Waals surface area contributed by atoms with Crippen LogP contribution in [0.1, 0.15) is 58.8 Å². The quantitative estimate of drug-likeness (QED) is 0.343. The molecule has 0 spiro atoms. The van der Waals surface area contributed by atoms with E-state index in [0.717, 1.165) is 38.5 Å². The smallest absolute Gasteiger partial charge is 0.258 e. The molecule has 0 fully saturated rings. The standard InChI is InChI=1S/C12H23NO3S/c1-3-5-7-8-10-12(13(14)15)17(16)11-9-6-4-2/h10H,3-9,11H2,1-2H3. The van der Waals surface area contributed by atoms with Gasteiger partial charge in [-0.05, 0) is 19.3 Å². The zero-order valence-corrected chi connectivity index (χ0v) is 11.6. The van der Waals surface area contributed by atoms with Crippen molar-refractivity contribution in [1.82, 2.24) is 0 Å². The lowest BCUT2D eigenvalue weighted by Gasteiger charge is -1.99. The van der Waals surface area contributed by atoms with Crippen LogP contribution in [0.25, 0.3) is 0 Å². The normalized spacial score (nSPS) is 13.6. The van der Waals surface area contributed by atoms with E-state index in [1.165, 1.54) is 6.08 Å². The highest BCUT2D eigenvalue weighted by Gasteiger charge is 2.18. The van der Waals surface area contributed by atoms with Crippen LogP contribution in [-0.2, 0) is 10.8 Å². The Kier molecular flexibility index (Phi) is 10.0. The molecule has 0 aliphatic carbocycles. The molecule has 100 valence electrons. The summed E-state index contributed by atoms with van der Waals surface area (Å²) in [7, 11) is -1.43. The summed E-state index contributed by atoms with van der Waals surface area (Å²) in [5, 5.41) is 10.7. The number of allylic oxidation sites excluding steroid dienone is 1. The molecule has 0 N–H and O–H groups in total. The van der Waals surface area contributed by atoms with Crippen molar-refractivity contribution in [2.75, 3.05) is 5.75 Å². The summed E-state index contributed by atoms with van der Waals surface area (Å²) in [6, 6.07) is 0. The van der Waals surface area contributed by atoms with Gasteiger partial charge in [-0.15, -0.1) is 0 Å². The van der Waals surface area contributed by atoms with Gasteiger partial charge >= 0.3 is 5.03 Å². The van der Waals surface area contributed by atoms with Gasteiger partial charge in [0, 0.05) is 11.8 Å². The van der Waals surface area contributed by atoms with Crippen LogP contribution in [0.3, 0.4) is 0 Å². The van der Waals surface area contributed by atoms with Gasteiger partial charge in [-0.2, -0.15) is 0 Å². The van der Waals surface area contributed by atoms with E-state index < -0.39 is 15.7 Å². The van der Waals surface area contributed by atoms with E-state index in [1.54, 1.807) is 0 Å². The molecule has 0 aliphatic rings. The van der Waals surface area contributed by atoms with Crippen molar-refractivity contribution >= 4 is 10.8 Å². The average Bonchev–Trinajstić information content (AvgIpc) is 2.28. The number of nitro groups is 1. The third-order valence-corrected chi connectivity index (χ3v) is 3.91. The maximum absolute atomic E-state index is 11.7. The van der Waals surface area contributed by atoms with Crippen molar-refractivity contribution in [2.45, 2.75) is 58.8 Å². The fraction of sp³-hybridized carbons (Fsp3) is 0.833. The van der Waals surface area contributed by atoms with Gasteiger partial charge in [0.2, 0.25) is 0 Å². The molecule has 17 heavy (non-hydrogen) atoms. The highest BCUT2D eigenvalue weighted by Crippen LogP contribution is 2.10. The summed E-state index contributed by atoms with van der Waals surface area (Å²) in [4.78, 5) is 10.3. The molecule has 0 amide bonds. The third kappa shape index (κ3) is 8.07. The molecule has 1 unspecified atom stereocenters. The number of rotatable bonds is 10. The Morgan fingerprint density at radius 3 is 2.29 bits per heavy atom. The van der Waals surface area contributed by atoms with Crippen LogP contribution in [0.15, 0.2) is 11.1 Å². The number of hydrogen-bond donors (Lipinski definition) is 0. The van der Waals surface area contributed by atoms with Crippen molar-refractivity contribution in [3.8, 4) is 0 Å². The van der Waals surface area contributed by atoms with Crippen LogP contribution in [-0.4, -0.2) is 14.9 Å². The average molecular weight is 261 g/mol. The van der Waals surface area contributed by atoms with Crippen LogP contribution < -0.4 is 0 Å². The van der Waals surface area contributed by atoms with E-state index in [9.17, 15) is 14.3 Å². The number of hydrogen-bond acceptors (Lipinski definition) is 3. The Balaban J connectivity index is 4.20.